The molecule has 4 rings (SSSR count). The molecule has 8 heteroatoms. The van der Waals surface area contributed by atoms with E-state index in [9.17, 15) is 24.9 Å². The van der Waals surface area contributed by atoms with Crippen LogP contribution in [0.5, 0.6) is 0 Å². The van der Waals surface area contributed by atoms with Gasteiger partial charge in [0.25, 0.3) is 0 Å². The molecule has 2 bridgehead atoms. The van der Waals surface area contributed by atoms with Gasteiger partial charge in [-0.2, -0.15) is 5.10 Å². The second kappa shape index (κ2) is 8.11. The highest BCUT2D eigenvalue weighted by atomic mass is 16.6. The van der Waals surface area contributed by atoms with Crippen molar-refractivity contribution in [1.29, 1.82) is 0 Å². The third-order valence-corrected chi connectivity index (χ3v) is 9.45. The largest absolute Gasteiger partial charge is 0.451 e. The third kappa shape index (κ3) is 3.19. The van der Waals surface area contributed by atoms with Gasteiger partial charge in [0, 0.05) is 18.7 Å². The first kappa shape index (κ1) is 25.8. The van der Waals surface area contributed by atoms with Crippen LogP contribution < -0.4 is 0 Å². The van der Waals surface area contributed by atoms with Gasteiger partial charge in [-0.05, 0) is 55.6 Å². The number of aliphatic hydroxyl groups is 3. The summed E-state index contributed by atoms with van der Waals surface area (Å²) in [6.07, 6.45) is 1.12. The Bertz CT molecular complexity index is 1150. The number of aliphatic hydroxyl groups excluding tert-OH is 2. The zero-order valence-corrected chi connectivity index (χ0v) is 21.9. The molecule has 2 unspecified atom stereocenters. The van der Waals surface area contributed by atoms with Gasteiger partial charge in [0.2, 0.25) is 0 Å². The third-order valence-electron chi connectivity index (χ3n) is 9.45. The van der Waals surface area contributed by atoms with Crippen molar-refractivity contribution >= 4 is 11.8 Å². The molecule has 1 saturated carbocycles. The van der Waals surface area contributed by atoms with Crippen LogP contribution in [0.3, 0.4) is 0 Å². The second-order valence-corrected chi connectivity index (χ2v) is 11.5. The van der Waals surface area contributed by atoms with E-state index in [-0.39, 0.29) is 23.2 Å². The monoisotopic (exact) mass is 486 g/mol. The van der Waals surface area contributed by atoms with Crippen LogP contribution in [0.2, 0.25) is 0 Å². The summed E-state index contributed by atoms with van der Waals surface area (Å²) in [5.74, 6) is -1.75. The Morgan fingerprint density at radius 2 is 1.86 bits per heavy atom. The number of esters is 1. The van der Waals surface area contributed by atoms with Gasteiger partial charge in [0.05, 0.1) is 17.7 Å². The molecule has 192 valence electrons. The van der Waals surface area contributed by atoms with E-state index < -0.39 is 47.1 Å². The van der Waals surface area contributed by atoms with Gasteiger partial charge in [-0.3, -0.25) is 9.48 Å². The minimum absolute atomic E-state index is 0.123. The quantitative estimate of drug-likeness (QED) is 0.443. The van der Waals surface area contributed by atoms with E-state index in [4.69, 9.17) is 4.74 Å². The number of ketones is 1. The summed E-state index contributed by atoms with van der Waals surface area (Å²) in [5, 5.41) is 38.6. The predicted octanol–water partition coefficient (Wildman–Crippen LogP) is 2.42. The minimum atomic E-state index is -2.17. The summed E-state index contributed by atoms with van der Waals surface area (Å²) in [6, 6.07) is 0. The van der Waals surface area contributed by atoms with Gasteiger partial charge in [-0.15, -0.1) is 0 Å². The smallest absolute Gasteiger partial charge is 0.342 e. The zero-order chi connectivity index (χ0) is 26.2. The van der Waals surface area contributed by atoms with E-state index in [1.807, 2.05) is 20.8 Å². The van der Waals surface area contributed by atoms with Crippen LogP contribution in [0.1, 0.15) is 62.8 Å². The van der Waals surface area contributed by atoms with E-state index in [1.54, 1.807) is 44.7 Å². The molecule has 3 N–H and O–H groups in total. The number of carbonyl (C=O) groups is 2. The first-order chi connectivity index (χ1) is 16.2. The summed E-state index contributed by atoms with van der Waals surface area (Å²) >= 11 is 0. The molecule has 1 heterocycles. The van der Waals surface area contributed by atoms with Crippen LogP contribution in [0.4, 0.5) is 0 Å². The fraction of sp³-hybridized carbons (Fsp3) is 0.667. The number of hydrogen-bond acceptors (Lipinski definition) is 7. The maximum atomic E-state index is 14.4. The van der Waals surface area contributed by atoms with E-state index in [1.165, 1.54) is 0 Å². The van der Waals surface area contributed by atoms with Crippen LogP contribution >= 0.6 is 0 Å². The maximum absolute atomic E-state index is 14.4. The fourth-order valence-corrected chi connectivity index (χ4v) is 6.89. The average Bonchev–Trinajstić information content (AvgIpc) is 3.13. The number of carbonyl (C=O) groups excluding carboxylic acids is 2. The Morgan fingerprint density at radius 3 is 2.40 bits per heavy atom. The van der Waals surface area contributed by atoms with Crippen molar-refractivity contribution in [1.82, 2.24) is 9.78 Å². The van der Waals surface area contributed by atoms with E-state index in [0.29, 0.717) is 28.9 Å². The summed E-state index contributed by atoms with van der Waals surface area (Å²) in [4.78, 5) is 27.8. The summed E-state index contributed by atoms with van der Waals surface area (Å²) < 4.78 is 7.53. The molecule has 3 aliphatic rings. The van der Waals surface area contributed by atoms with Gasteiger partial charge >= 0.3 is 5.97 Å². The predicted molar refractivity (Wildman–Crippen MR) is 129 cm³/mol. The number of fused-ring (bicyclic) bond motifs is 1. The minimum Gasteiger partial charge on any atom is -0.451 e. The van der Waals surface area contributed by atoms with Crippen molar-refractivity contribution < 1.29 is 29.6 Å². The summed E-state index contributed by atoms with van der Waals surface area (Å²) in [7, 11) is 1.73. The molecule has 1 spiro atoms. The Morgan fingerprint density at radius 1 is 1.23 bits per heavy atom. The van der Waals surface area contributed by atoms with Crippen LogP contribution in [0.25, 0.3) is 0 Å². The first-order valence-corrected chi connectivity index (χ1v) is 12.3. The SMILES string of the molecule is CC1=CC23C(=O)[C@@H](C=C(CO)[C@@H](O)[C@]2(O)[C@H]1OC(=O)c1c(C)nn(C)c1C)C(C)(C)[C@@H](C)CC3C. The molecule has 8 nitrogen and oxygen atoms in total. The van der Waals surface area contributed by atoms with Gasteiger partial charge in [0.1, 0.15) is 11.7 Å². The summed E-state index contributed by atoms with van der Waals surface area (Å²) in [6.45, 7) is 12.7. The molecular weight excluding hydrogens is 448 g/mol. The zero-order valence-electron chi connectivity index (χ0n) is 21.9. The van der Waals surface area contributed by atoms with Crippen LogP contribution in [0.15, 0.2) is 23.3 Å². The van der Waals surface area contributed by atoms with E-state index in [2.05, 4.69) is 12.0 Å². The molecule has 0 radical (unpaired) electrons. The molecule has 0 amide bonds. The topological polar surface area (TPSA) is 122 Å². The number of allylic oxidation sites excluding steroid dienone is 1. The Balaban J connectivity index is 1.91. The number of aromatic nitrogens is 2. The lowest BCUT2D eigenvalue weighted by molar-refractivity contribution is -0.190. The highest BCUT2D eigenvalue weighted by Crippen LogP contribution is 2.62. The van der Waals surface area contributed by atoms with Crippen molar-refractivity contribution in [2.45, 2.75) is 72.7 Å². The van der Waals surface area contributed by atoms with Crippen LogP contribution in [0, 0.1) is 42.4 Å². The average molecular weight is 487 g/mol. The molecule has 7 atom stereocenters. The van der Waals surface area contributed by atoms with Gasteiger partial charge in [-0.25, -0.2) is 4.79 Å². The summed E-state index contributed by atoms with van der Waals surface area (Å²) in [5.41, 5.74) is -2.06. The molecular formula is C27H38N2O6. The number of Topliss-reactive ketones (excluding diaryl/α,β-unsaturated/α-hetero) is 1. The highest BCUT2D eigenvalue weighted by Gasteiger charge is 2.73. The van der Waals surface area contributed by atoms with Crippen molar-refractivity contribution in [3.63, 3.8) is 0 Å². The number of hydrogen-bond donors (Lipinski definition) is 3. The molecule has 0 saturated heterocycles. The van der Waals surface area contributed by atoms with Gasteiger partial charge in [-0.1, -0.05) is 39.8 Å². The number of rotatable bonds is 3. The van der Waals surface area contributed by atoms with Gasteiger partial charge in [0.15, 0.2) is 17.5 Å². The van der Waals surface area contributed by atoms with Crippen molar-refractivity contribution in [2.75, 3.05) is 6.61 Å². The number of ether oxygens (including phenoxy) is 1. The molecule has 1 fully saturated rings. The Kier molecular flexibility index (Phi) is 5.98. The number of aryl methyl sites for hydroxylation is 2. The van der Waals surface area contributed by atoms with Crippen LogP contribution in [-0.4, -0.2) is 61.3 Å². The fourth-order valence-electron chi connectivity index (χ4n) is 6.89. The lowest BCUT2D eigenvalue weighted by Crippen LogP contribution is -2.65. The molecule has 0 aliphatic heterocycles. The van der Waals surface area contributed by atoms with Crippen molar-refractivity contribution in [2.24, 2.45) is 35.6 Å². The Hall–Kier alpha value is -2.29. The van der Waals surface area contributed by atoms with Crippen LogP contribution in [-0.2, 0) is 16.6 Å². The molecule has 1 aromatic heterocycles. The molecule has 3 aliphatic carbocycles. The lowest BCUT2D eigenvalue weighted by atomic mass is 9.59. The van der Waals surface area contributed by atoms with Gasteiger partial charge < -0.3 is 20.1 Å². The van der Waals surface area contributed by atoms with Crippen molar-refractivity contribution in [3.8, 4) is 0 Å². The normalized spacial score (nSPS) is 38.3. The second-order valence-electron chi connectivity index (χ2n) is 11.5. The highest BCUT2D eigenvalue weighted by molar-refractivity contribution is 5.96. The Labute approximate surface area is 206 Å². The maximum Gasteiger partial charge on any atom is 0.342 e. The van der Waals surface area contributed by atoms with Crippen molar-refractivity contribution in [3.05, 3.63) is 40.2 Å². The van der Waals surface area contributed by atoms with E-state index >= 15 is 0 Å². The molecule has 0 aromatic carbocycles. The number of nitrogens with zero attached hydrogens (tertiary/aromatic N) is 2. The van der Waals surface area contributed by atoms with E-state index in [0.717, 1.165) is 0 Å². The standard InChI is InChI=1S/C27H38N2O6/c1-13-11-26-15(3)9-14(2)25(6,7)19(22(26)32)10-18(12-30)21(31)27(26,34)23(13)35-24(33)20-16(4)28-29(8)17(20)5/h10-11,14-15,19,21,23,30-31,34H,9,12H2,1-8H3/t14-,15?,19+,21+,23-,26?,27-/m0/s1. The molecule has 35 heavy (non-hydrogen) atoms. The molecule has 1 aromatic rings. The lowest BCUT2D eigenvalue weighted by Gasteiger charge is -2.48. The first-order valence-electron chi connectivity index (χ1n) is 12.3.